The minimum atomic E-state index is -0.155. The van der Waals surface area contributed by atoms with Crippen molar-refractivity contribution in [3.05, 3.63) is 0 Å². The average Bonchev–Trinajstić information content (AvgIpc) is 2.03. The summed E-state index contributed by atoms with van der Waals surface area (Å²) in [5, 5.41) is 8.26. The minimum Gasteiger partial charge on any atom is -0.385 e. The molecule has 0 aliphatic heterocycles. The second-order valence-corrected chi connectivity index (χ2v) is 2.44. The van der Waals surface area contributed by atoms with Crippen LogP contribution in [0.2, 0.25) is 0 Å². The molecule has 3 nitrogen and oxygen atoms in total. The van der Waals surface area contributed by atoms with E-state index in [1.807, 2.05) is 0 Å². The molecule has 0 aromatic rings. The maximum Gasteiger partial charge on any atom is 0.143 e. The van der Waals surface area contributed by atoms with Crippen LogP contribution in [0.5, 0.6) is 0 Å². The van der Waals surface area contributed by atoms with E-state index >= 15 is 0 Å². The van der Waals surface area contributed by atoms with Crippen LogP contribution < -0.4 is 0 Å². The third-order valence-corrected chi connectivity index (χ3v) is 1.48. The van der Waals surface area contributed by atoms with Crippen LogP contribution in [0.25, 0.3) is 0 Å². The first-order chi connectivity index (χ1) is 5.41. The zero-order valence-corrected chi connectivity index (χ0v) is 7.21. The Hall–Kier alpha value is -0.120. The fraction of sp³-hybridized carbons (Fsp3) is 1.00. The molecule has 0 saturated heterocycles. The summed E-state index contributed by atoms with van der Waals surface area (Å²) < 4.78 is 9.66. The Morgan fingerprint density at radius 1 is 1.00 bits per heavy atom. The monoisotopic (exact) mass is 162 g/mol. The molecule has 0 radical (unpaired) electrons. The molecule has 3 heteroatoms. The van der Waals surface area contributed by atoms with Crippen LogP contribution in [-0.2, 0) is 9.47 Å². The van der Waals surface area contributed by atoms with Crippen molar-refractivity contribution in [1.82, 2.24) is 0 Å². The summed E-state index contributed by atoms with van der Waals surface area (Å²) in [5.74, 6) is 0. The van der Waals surface area contributed by atoms with Crippen molar-refractivity contribution < 1.29 is 14.6 Å². The lowest BCUT2D eigenvalue weighted by atomic mass is 10.2. The van der Waals surface area contributed by atoms with Gasteiger partial charge in [0, 0.05) is 20.3 Å². The fourth-order valence-corrected chi connectivity index (χ4v) is 0.869. The summed E-state index contributed by atoms with van der Waals surface area (Å²) in [6.07, 6.45) is 4.49. The van der Waals surface area contributed by atoms with Crippen molar-refractivity contribution in [2.75, 3.05) is 27.1 Å². The lowest BCUT2D eigenvalue weighted by molar-refractivity contribution is -0.00293. The van der Waals surface area contributed by atoms with Gasteiger partial charge in [0.05, 0.1) is 0 Å². The van der Waals surface area contributed by atoms with Gasteiger partial charge in [-0.3, -0.25) is 0 Å². The number of aliphatic hydroxyl groups excluding tert-OH is 1. The van der Waals surface area contributed by atoms with Gasteiger partial charge in [-0.15, -0.1) is 0 Å². The highest BCUT2D eigenvalue weighted by Crippen LogP contribution is 1.99. The molecule has 0 saturated carbocycles. The summed E-state index contributed by atoms with van der Waals surface area (Å²) in [5.41, 5.74) is 0. The predicted octanol–water partition coefficient (Wildman–Crippen LogP) is 1.16. The number of hydrogen-bond donors (Lipinski definition) is 1. The molecular weight excluding hydrogens is 144 g/mol. The van der Waals surface area contributed by atoms with Gasteiger partial charge in [0.2, 0.25) is 0 Å². The molecule has 0 aliphatic carbocycles. The zero-order valence-electron chi connectivity index (χ0n) is 7.21. The molecule has 0 amide bonds. The van der Waals surface area contributed by atoms with Gasteiger partial charge in [-0.2, -0.15) is 0 Å². The molecule has 1 N–H and O–H groups in total. The SMILES string of the molecule is COCCCCCCOCO. The maximum atomic E-state index is 8.26. The summed E-state index contributed by atoms with van der Waals surface area (Å²) in [7, 11) is 1.72. The van der Waals surface area contributed by atoms with Crippen LogP contribution in [0.4, 0.5) is 0 Å². The number of methoxy groups -OCH3 is 1. The van der Waals surface area contributed by atoms with E-state index in [2.05, 4.69) is 0 Å². The highest BCUT2D eigenvalue weighted by molar-refractivity contribution is 4.41. The van der Waals surface area contributed by atoms with Crippen molar-refractivity contribution in [3.63, 3.8) is 0 Å². The Morgan fingerprint density at radius 2 is 1.64 bits per heavy atom. The second-order valence-electron chi connectivity index (χ2n) is 2.44. The average molecular weight is 162 g/mol. The highest BCUT2D eigenvalue weighted by atomic mass is 16.6. The third-order valence-electron chi connectivity index (χ3n) is 1.48. The molecule has 0 heterocycles. The Balaban J connectivity index is 2.69. The van der Waals surface area contributed by atoms with E-state index < -0.39 is 0 Å². The van der Waals surface area contributed by atoms with Gasteiger partial charge in [-0.1, -0.05) is 12.8 Å². The topological polar surface area (TPSA) is 38.7 Å². The zero-order chi connectivity index (χ0) is 8.36. The molecule has 0 unspecified atom stereocenters. The van der Waals surface area contributed by atoms with Crippen molar-refractivity contribution in [3.8, 4) is 0 Å². The minimum absolute atomic E-state index is 0.155. The van der Waals surface area contributed by atoms with Crippen molar-refractivity contribution in [2.24, 2.45) is 0 Å². The molecule has 68 valence electrons. The van der Waals surface area contributed by atoms with Gasteiger partial charge in [-0.25, -0.2) is 0 Å². The molecule has 0 atom stereocenters. The van der Waals surface area contributed by atoms with Crippen LogP contribution in [0.15, 0.2) is 0 Å². The number of hydrogen-bond acceptors (Lipinski definition) is 3. The summed E-state index contributed by atoms with van der Waals surface area (Å²) in [6.45, 7) is 1.36. The van der Waals surface area contributed by atoms with Crippen molar-refractivity contribution in [1.29, 1.82) is 0 Å². The molecule has 0 spiro atoms. The quantitative estimate of drug-likeness (QED) is 0.430. The molecule has 0 aliphatic rings. The molecule has 0 fully saturated rings. The van der Waals surface area contributed by atoms with E-state index in [0.29, 0.717) is 6.61 Å². The van der Waals surface area contributed by atoms with Crippen LogP contribution in [-0.4, -0.2) is 32.2 Å². The van der Waals surface area contributed by atoms with E-state index in [1.165, 1.54) is 6.42 Å². The van der Waals surface area contributed by atoms with Crippen LogP contribution >= 0.6 is 0 Å². The van der Waals surface area contributed by atoms with Gasteiger partial charge in [0.15, 0.2) is 0 Å². The largest absolute Gasteiger partial charge is 0.385 e. The first-order valence-corrected chi connectivity index (χ1v) is 4.09. The standard InChI is InChI=1S/C8H18O3/c1-10-6-4-2-3-5-7-11-8-9/h9H,2-8H2,1H3. The molecule has 0 rings (SSSR count). The Kier molecular flexibility index (Phi) is 9.77. The predicted molar refractivity (Wildman–Crippen MR) is 43.4 cm³/mol. The van der Waals surface area contributed by atoms with E-state index in [0.717, 1.165) is 25.9 Å². The Bertz CT molecular complexity index is 58.4. The molecule has 0 aromatic carbocycles. The molecule has 0 bridgehead atoms. The lowest BCUT2D eigenvalue weighted by Crippen LogP contribution is -1.95. The Morgan fingerprint density at radius 3 is 2.18 bits per heavy atom. The number of rotatable bonds is 8. The summed E-state index contributed by atoms with van der Waals surface area (Å²) in [6, 6.07) is 0. The van der Waals surface area contributed by atoms with Crippen molar-refractivity contribution in [2.45, 2.75) is 25.7 Å². The smallest absolute Gasteiger partial charge is 0.143 e. The maximum absolute atomic E-state index is 8.26. The summed E-state index contributed by atoms with van der Waals surface area (Å²) >= 11 is 0. The van der Waals surface area contributed by atoms with Crippen molar-refractivity contribution >= 4 is 0 Å². The Labute approximate surface area is 68.3 Å². The van der Waals surface area contributed by atoms with Gasteiger partial charge >= 0.3 is 0 Å². The number of unbranched alkanes of at least 4 members (excludes halogenated alkanes) is 3. The van der Waals surface area contributed by atoms with E-state index in [9.17, 15) is 0 Å². The van der Waals surface area contributed by atoms with Gasteiger partial charge in [-0.05, 0) is 12.8 Å². The first kappa shape index (κ1) is 10.9. The second kappa shape index (κ2) is 9.88. The van der Waals surface area contributed by atoms with Gasteiger partial charge in [0.25, 0.3) is 0 Å². The molecular formula is C8H18O3. The highest BCUT2D eigenvalue weighted by Gasteiger charge is 1.89. The van der Waals surface area contributed by atoms with E-state index in [-0.39, 0.29) is 6.79 Å². The van der Waals surface area contributed by atoms with Crippen LogP contribution in [0.3, 0.4) is 0 Å². The van der Waals surface area contributed by atoms with Crippen LogP contribution in [0, 0.1) is 0 Å². The normalized spacial score (nSPS) is 10.4. The molecule has 0 aromatic heterocycles. The van der Waals surface area contributed by atoms with Gasteiger partial charge in [0.1, 0.15) is 6.79 Å². The van der Waals surface area contributed by atoms with E-state index in [1.54, 1.807) is 7.11 Å². The summed E-state index contributed by atoms with van der Waals surface area (Å²) in [4.78, 5) is 0. The lowest BCUT2D eigenvalue weighted by Gasteiger charge is -2.00. The third kappa shape index (κ3) is 9.88. The van der Waals surface area contributed by atoms with Crippen LogP contribution in [0.1, 0.15) is 25.7 Å². The first-order valence-electron chi connectivity index (χ1n) is 4.09. The molecule has 11 heavy (non-hydrogen) atoms. The van der Waals surface area contributed by atoms with E-state index in [4.69, 9.17) is 14.6 Å². The number of aliphatic hydroxyl groups is 1. The fourth-order valence-electron chi connectivity index (χ4n) is 0.869. The van der Waals surface area contributed by atoms with Gasteiger partial charge < -0.3 is 14.6 Å². The number of ether oxygens (including phenoxy) is 2.